The van der Waals surface area contributed by atoms with Crippen LogP contribution in [0.5, 0.6) is 5.75 Å². The summed E-state index contributed by atoms with van der Waals surface area (Å²) in [6, 6.07) is 9.75. The van der Waals surface area contributed by atoms with Gasteiger partial charge in [0.05, 0.1) is 13.2 Å². The van der Waals surface area contributed by atoms with Crippen LogP contribution in [0, 0.1) is 11.8 Å². The highest BCUT2D eigenvalue weighted by atomic mass is 16.5. The first-order chi connectivity index (χ1) is 14.7. The molecule has 4 rings (SSSR count). The van der Waals surface area contributed by atoms with Crippen molar-refractivity contribution in [2.45, 2.75) is 31.8 Å². The van der Waals surface area contributed by atoms with Crippen molar-refractivity contribution in [3.63, 3.8) is 0 Å². The van der Waals surface area contributed by atoms with E-state index < -0.39 is 0 Å². The maximum atomic E-state index is 13.1. The molecule has 3 fully saturated rings. The third kappa shape index (κ3) is 5.32. The van der Waals surface area contributed by atoms with E-state index in [9.17, 15) is 9.59 Å². The molecule has 2 amide bonds. The minimum absolute atomic E-state index is 0.0157. The van der Waals surface area contributed by atoms with Crippen LogP contribution >= 0.6 is 0 Å². The maximum absolute atomic E-state index is 13.1. The van der Waals surface area contributed by atoms with Gasteiger partial charge in [-0.3, -0.25) is 9.59 Å². The Bertz CT molecular complexity index is 701. The Balaban J connectivity index is 1.43. The SMILES string of the molecule is O=C(C[C@H]1CN(C(=O)C2CCOCC2)CC[C@@H]1Oc1ccccc1)N1CCOCC1. The molecule has 0 spiro atoms. The van der Waals surface area contributed by atoms with Crippen molar-refractivity contribution in [1.82, 2.24) is 9.80 Å². The Hall–Kier alpha value is -2.12. The molecule has 0 aromatic heterocycles. The number of hydrogen-bond acceptors (Lipinski definition) is 5. The third-order valence-corrected chi connectivity index (χ3v) is 6.38. The second kappa shape index (κ2) is 10.3. The van der Waals surface area contributed by atoms with Crippen molar-refractivity contribution in [1.29, 1.82) is 0 Å². The zero-order chi connectivity index (χ0) is 20.8. The second-order valence-corrected chi connectivity index (χ2v) is 8.39. The van der Waals surface area contributed by atoms with Crippen molar-refractivity contribution >= 4 is 11.8 Å². The number of carbonyl (C=O) groups excluding carboxylic acids is 2. The van der Waals surface area contributed by atoms with E-state index in [-0.39, 0.29) is 29.8 Å². The molecule has 0 radical (unpaired) electrons. The standard InChI is InChI=1S/C23H32N2O5/c26-22(24-10-14-29-15-11-24)16-19-17-25(23(27)18-7-12-28-13-8-18)9-6-21(19)30-20-4-2-1-3-5-20/h1-5,18-19,21H,6-17H2/t19-,21-/m0/s1. The molecule has 3 heterocycles. The number of amides is 2. The van der Waals surface area contributed by atoms with Gasteiger partial charge in [0, 0.05) is 64.1 Å². The highest BCUT2D eigenvalue weighted by Crippen LogP contribution is 2.28. The normalized spacial score (nSPS) is 25.7. The lowest BCUT2D eigenvalue weighted by molar-refractivity contribution is -0.145. The van der Waals surface area contributed by atoms with Gasteiger partial charge in [0.25, 0.3) is 0 Å². The molecule has 7 heteroatoms. The smallest absolute Gasteiger partial charge is 0.225 e. The monoisotopic (exact) mass is 416 g/mol. The molecule has 0 aliphatic carbocycles. The number of hydrogen-bond donors (Lipinski definition) is 0. The quantitative estimate of drug-likeness (QED) is 0.734. The van der Waals surface area contributed by atoms with Crippen molar-refractivity contribution in [2.75, 3.05) is 52.6 Å². The minimum atomic E-state index is -0.0730. The number of ether oxygens (including phenoxy) is 3. The van der Waals surface area contributed by atoms with Crippen molar-refractivity contribution < 1.29 is 23.8 Å². The Morgan fingerprint density at radius 2 is 1.60 bits per heavy atom. The molecule has 0 saturated carbocycles. The minimum Gasteiger partial charge on any atom is -0.490 e. The van der Waals surface area contributed by atoms with Crippen LogP contribution in [0.1, 0.15) is 25.7 Å². The van der Waals surface area contributed by atoms with E-state index in [1.54, 1.807) is 0 Å². The average Bonchev–Trinajstić information content (AvgIpc) is 2.81. The molecule has 0 bridgehead atoms. The summed E-state index contributed by atoms with van der Waals surface area (Å²) in [7, 11) is 0. The van der Waals surface area contributed by atoms with Crippen LogP contribution in [-0.2, 0) is 19.1 Å². The van der Waals surface area contributed by atoms with Gasteiger partial charge in [-0.05, 0) is 25.0 Å². The summed E-state index contributed by atoms with van der Waals surface area (Å²) in [4.78, 5) is 29.8. The van der Waals surface area contributed by atoms with Crippen LogP contribution in [0.4, 0.5) is 0 Å². The van der Waals surface area contributed by atoms with Gasteiger partial charge in [-0.1, -0.05) is 18.2 Å². The molecule has 0 unspecified atom stereocenters. The van der Waals surface area contributed by atoms with Crippen LogP contribution in [0.25, 0.3) is 0 Å². The van der Waals surface area contributed by atoms with E-state index in [4.69, 9.17) is 14.2 Å². The van der Waals surface area contributed by atoms with Crippen LogP contribution < -0.4 is 4.74 Å². The fraction of sp³-hybridized carbons (Fsp3) is 0.652. The number of para-hydroxylation sites is 1. The van der Waals surface area contributed by atoms with Crippen LogP contribution in [-0.4, -0.2) is 80.3 Å². The van der Waals surface area contributed by atoms with E-state index in [2.05, 4.69) is 0 Å². The Morgan fingerprint density at radius 3 is 2.33 bits per heavy atom. The summed E-state index contributed by atoms with van der Waals surface area (Å²) >= 11 is 0. The number of benzene rings is 1. The molecule has 30 heavy (non-hydrogen) atoms. The summed E-state index contributed by atoms with van der Waals surface area (Å²) in [5.41, 5.74) is 0. The molecule has 7 nitrogen and oxygen atoms in total. The maximum Gasteiger partial charge on any atom is 0.225 e. The van der Waals surface area contributed by atoms with E-state index in [0.717, 1.165) is 25.0 Å². The first-order valence-corrected chi connectivity index (χ1v) is 11.1. The van der Waals surface area contributed by atoms with E-state index >= 15 is 0 Å². The van der Waals surface area contributed by atoms with Gasteiger partial charge in [-0.25, -0.2) is 0 Å². The lowest BCUT2D eigenvalue weighted by Crippen LogP contribution is -2.52. The van der Waals surface area contributed by atoms with Gasteiger partial charge in [-0.15, -0.1) is 0 Å². The largest absolute Gasteiger partial charge is 0.490 e. The molecule has 1 aromatic carbocycles. The summed E-state index contributed by atoms with van der Waals surface area (Å²) in [5, 5.41) is 0. The Labute approximate surface area is 178 Å². The first kappa shape index (κ1) is 21.1. The zero-order valence-electron chi connectivity index (χ0n) is 17.5. The van der Waals surface area contributed by atoms with Gasteiger partial charge >= 0.3 is 0 Å². The molecule has 0 N–H and O–H groups in total. The number of likely N-dealkylation sites (tertiary alicyclic amines) is 1. The zero-order valence-corrected chi connectivity index (χ0v) is 17.5. The van der Waals surface area contributed by atoms with Gasteiger partial charge < -0.3 is 24.0 Å². The number of rotatable bonds is 5. The molecule has 3 aliphatic rings. The lowest BCUT2D eigenvalue weighted by Gasteiger charge is -2.40. The van der Waals surface area contributed by atoms with Gasteiger partial charge in [-0.2, -0.15) is 0 Å². The Kier molecular flexibility index (Phi) is 7.23. The second-order valence-electron chi connectivity index (χ2n) is 8.39. The van der Waals surface area contributed by atoms with E-state index in [1.807, 2.05) is 40.1 Å². The van der Waals surface area contributed by atoms with Gasteiger partial charge in [0.15, 0.2) is 0 Å². The summed E-state index contributed by atoms with van der Waals surface area (Å²) in [5.74, 6) is 1.18. The number of piperidine rings is 1. The summed E-state index contributed by atoms with van der Waals surface area (Å²) < 4.78 is 17.1. The predicted octanol–water partition coefficient (Wildman–Crippen LogP) is 1.96. The lowest BCUT2D eigenvalue weighted by atomic mass is 9.89. The average molecular weight is 417 g/mol. The number of morpholine rings is 1. The van der Waals surface area contributed by atoms with Crippen LogP contribution in [0.2, 0.25) is 0 Å². The first-order valence-electron chi connectivity index (χ1n) is 11.1. The fourth-order valence-corrected chi connectivity index (χ4v) is 4.60. The molecule has 3 aliphatic heterocycles. The van der Waals surface area contributed by atoms with Crippen molar-refractivity contribution in [3.05, 3.63) is 30.3 Å². The molecular formula is C23H32N2O5. The van der Waals surface area contributed by atoms with Gasteiger partial charge in [0.2, 0.25) is 11.8 Å². The molecule has 1 aromatic rings. The van der Waals surface area contributed by atoms with Gasteiger partial charge in [0.1, 0.15) is 11.9 Å². The van der Waals surface area contributed by atoms with Crippen molar-refractivity contribution in [3.8, 4) is 5.75 Å². The number of nitrogens with zero attached hydrogens (tertiary/aromatic N) is 2. The molecule has 164 valence electrons. The van der Waals surface area contributed by atoms with Crippen LogP contribution in [0.3, 0.4) is 0 Å². The third-order valence-electron chi connectivity index (χ3n) is 6.38. The topological polar surface area (TPSA) is 68.3 Å². The van der Waals surface area contributed by atoms with E-state index in [1.165, 1.54) is 0 Å². The van der Waals surface area contributed by atoms with E-state index in [0.29, 0.717) is 59.0 Å². The highest BCUT2D eigenvalue weighted by Gasteiger charge is 2.37. The molecular weight excluding hydrogens is 384 g/mol. The molecule has 2 atom stereocenters. The summed E-state index contributed by atoms with van der Waals surface area (Å²) in [6.45, 7) is 5.02. The molecule has 3 saturated heterocycles. The fourth-order valence-electron chi connectivity index (χ4n) is 4.60. The Morgan fingerprint density at radius 1 is 0.900 bits per heavy atom. The van der Waals surface area contributed by atoms with Crippen LogP contribution in [0.15, 0.2) is 30.3 Å². The number of carbonyl (C=O) groups is 2. The summed E-state index contributed by atoms with van der Waals surface area (Å²) in [6.07, 6.45) is 2.64. The predicted molar refractivity (Wildman–Crippen MR) is 111 cm³/mol. The highest BCUT2D eigenvalue weighted by molar-refractivity contribution is 5.79. The van der Waals surface area contributed by atoms with Crippen molar-refractivity contribution in [2.24, 2.45) is 11.8 Å².